The molecule has 1 fully saturated rings. The van der Waals surface area contributed by atoms with Crippen molar-refractivity contribution in [3.05, 3.63) is 59.7 Å². The molecule has 1 unspecified atom stereocenters. The van der Waals surface area contributed by atoms with Crippen LogP contribution in [0.1, 0.15) is 24.0 Å². The van der Waals surface area contributed by atoms with Crippen molar-refractivity contribution in [1.29, 1.82) is 0 Å². The lowest BCUT2D eigenvalue weighted by Gasteiger charge is -2.32. The molecule has 1 saturated heterocycles. The van der Waals surface area contributed by atoms with E-state index in [9.17, 15) is 4.79 Å². The zero-order chi connectivity index (χ0) is 20.9. The molecule has 0 bridgehead atoms. The molecule has 1 amide bonds. The Kier molecular flexibility index (Phi) is 6.77. The summed E-state index contributed by atoms with van der Waals surface area (Å²) in [6.07, 6.45) is 2.87. The highest BCUT2D eigenvalue weighted by Crippen LogP contribution is 2.30. The van der Waals surface area contributed by atoms with Gasteiger partial charge in [-0.2, -0.15) is 0 Å². The molecule has 0 aliphatic carbocycles. The number of nitrogens with zero attached hydrogens (tertiary/aromatic N) is 3. The van der Waals surface area contributed by atoms with E-state index < -0.39 is 0 Å². The van der Waals surface area contributed by atoms with Gasteiger partial charge in [0.15, 0.2) is 5.13 Å². The summed E-state index contributed by atoms with van der Waals surface area (Å²) in [5.41, 5.74) is 3.46. The van der Waals surface area contributed by atoms with Gasteiger partial charge in [-0.3, -0.25) is 4.79 Å². The Balaban J connectivity index is 1.43. The Morgan fingerprint density at radius 3 is 2.83 bits per heavy atom. The topological polar surface area (TPSA) is 48.5 Å². The maximum absolute atomic E-state index is 12.9. The summed E-state index contributed by atoms with van der Waals surface area (Å²) in [5.74, 6) is 0.143. The molecule has 158 valence electrons. The predicted molar refractivity (Wildman–Crippen MR) is 125 cm³/mol. The molecule has 5 nitrogen and oxygen atoms in total. The molecular formula is C24H30N4OS. The van der Waals surface area contributed by atoms with E-state index in [4.69, 9.17) is 4.98 Å². The van der Waals surface area contributed by atoms with Crippen LogP contribution in [0, 0.1) is 5.92 Å². The molecular weight excluding hydrogens is 392 g/mol. The third-order valence-corrected chi connectivity index (χ3v) is 6.65. The summed E-state index contributed by atoms with van der Waals surface area (Å²) in [6, 6.07) is 16.7. The standard InChI is InChI=1S/C24H30N4OS/c1-27(2)14-15-28-13-7-11-20(17-28)23(29)26-24-25-22-19(10-6-12-21(22)30-24)16-18-8-4-3-5-9-18/h3-6,8-10,12,20H,7,11,13-17H2,1-2H3,(H,25,26,29). The maximum Gasteiger partial charge on any atom is 0.230 e. The lowest BCUT2D eigenvalue weighted by atomic mass is 9.97. The fourth-order valence-electron chi connectivity index (χ4n) is 4.04. The summed E-state index contributed by atoms with van der Waals surface area (Å²) in [5, 5.41) is 3.82. The third kappa shape index (κ3) is 5.25. The second kappa shape index (κ2) is 9.69. The van der Waals surface area contributed by atoms with E-state index in [1.165, 1.54) is 11.1 Å². The van der Waals surface area contributed by atoms with Gasteiger partial charge in [-0.1, -0.05) is 53.8 Å². The molecule has 1 N–H and O–H groups in total. The zero-order valence-corrected chi connectivity index (χ0v) is 18.6. The second-order valence-electron chi connectivity index (χ2n) is 8.38. The van der Waals surface area contributed by atoms with Crippen LogP contribution in [0.25, 0.3) is 10.2 Å². The van der Waals surface area contributed by atoms with Crippen LogP contribution in [0.3, 0.4) is 0 Å². The predicted octanol–water partition coefficient (Wildman–Crippen LogP) is 4.10. The van der Waals surface area contributed by atoms with Gasteiger partial charge in [0.1, 0.15) is 0 Å². The molecule has 0 spiro atoms. The van der Waals surface area contributed by atoms with E-state index in [0.29, 0.717) is 5.13 Å². The van der Waals surface area contributed by atoms with E-state index in [1.807, 2.05) is 6.07 Å². The highest BCUT2D eigenvalue weighted by atomic mass is 32.1. The summed E-state index contributed by atoms with van der Waals surface area (Å²) in [6.45, 7) is 3.96. The number of piperidine rings is 1. The van der Waals surface area contributed by atoms with Crippen molar-refractivity contribution in [2.75, 3.05) is 45.6 Å². The average Bonchev–Trinajstić information content (AvgIpc) is 3.17. The lowest BCUT2D eigenvalue weighted by Crippen LogP contribution is -2.43. The number of fused-ring (bicyclic) bond motifs is 1. The van der Waals surface area contributed by atoms with E-state index >= 15 is 0 Å². The molecule has 1 aromatic heterocycles. The van der Waals surface area contributed by atoms with E-state index in [2.05, 4.69) is 71.7 Å². The monoisotopic (exact) mass is 422 g/mol. The Bertz CT molecular complexity index is 985. The van der Waals surface area contributed by atoms with Gasteiger partial charge in [0.2, 0.25) is 5.91 Å². The van der Waals surface area contributed by atoms with Crippen molar-refractivity contribution < 1.29 is 4.79 Å². The normalized spacial score (nSPS) is 17.5. The van der Waals surface area contributed by atoms with Crippen LogP contribution in [0.15, 0.2) is 48.5 Å². The first-order valence-electron chi connectivity index (χ1n) is 10.7. The Hall–Kier alpha value is -2.28. The van der Waals surface area contributed by atoms with E-state index in [-0.39, 0.29) is 11.8 Å². The minimum atomic E-state index is 0.0386. The molecule has 3 aromatic rings. The maximum atomic E-state index is 12.9. The van der Waals surface area contributed by atoms with Crippen LogP contribution in [0.5, 0.6) is 0 Å². The number of thiazole rings is 1. The third-order valence-electron chi connectivity index (χ3n) is 5.71. The van der Waals surface area contributed by atoms with Crippen molar-refractivity contribution in [2.24, 2.45) is 5.92 Å². The van der Waals surface area contributed by atoms with E-state index in [0.717, 1.165) is 55.7 Å². The first-order valence-corrected chi connectivity index (χ1v) is 11.5. The number of aromatic nitrogens is 1. The smallest absolute Gasteiger partial charge is 0.230 e. The van der Waals surface area contributed by atoms with Gasteiger partial charge in [0, 0.05) is 19.6 Å². The molecule has 1 aliphatic rings. The first-order chi connectivity index (χ1) is 14.6. The summed E-state index contributed by atoms with van der Waals surface area (Å²) in [7, 11) is 4.18. The van der Waals surface area contributed by atoms with Gasteiger partial charge in [0.05, 0.1) is 16.1 Å². The lowest BCUT2D eigenvalue weighted by molar-refractivity contribution is -0.121. The number of anilines is 1. The number of carbonyl (C=O) groups is 1. The molecule has 4 rings (SSSR count). The number of benzene rings is 2. The number of rotatable bonds is 7. The van der Waals surface area contributed by atoms with Crippen molar-refractivity contribution in [3.8, 4) is 0 Å². The Morgan fingerprint density at radius 2 is 2.03 bits per heavy atom. The van der Waals surface area contributed by atoms with Crippen molar-refractivity contribution in [1.82, 2.24) is 14.8 Å². The molecule has 6 heteroatoms. The van der Waals surface area contributed by atoms with Crippen molar-refractivity contribution in [2.45, 2.75) is 19.3 Å². The fraction of sp³-hybridized carbons (Fsp3) is 0.417. The SMILES string of the molecule is CN(C)CCN1CCCC(C(=O)Nc2nc3c(Cc4ccccc4)cccc3s2)C1. The van der Waals surface area contributed by atoms with Crippen molar-refractivity contribution >= 4 is 32.6 Å². The second-order valence-corrected chi connectivity index (χ2v) is 9.41. The van der Waals surface area contributed by atoms with Crippen molar-refractivity contribution in [3.63, 3.8) is 0 Å². The number of carbonyl (C=O) groups excluding carboxylic acids is 1. The van der Waals surface area contributed by atoms with Crippen LogP contribution < -0.4 is 5.32 Å². The molecule has 0 saturated carbocycles. The van der Waals surface area contributed by atoms with Gasteiger partial charge < -0.3 is 15.1 Å². The number of hydrogen-bond acceptors (Lipinski definition) is 5. The van der Waals surface area contributed by atoms with Gasteiger partial charge in [-0.25, -0.2) is 4.98 Å². The summed E-state index contributed by atoms with van der Waals surface area (Å²) in [4.78, 5) is 22.3. The Labute approximate surface area is 182 Å². The highest BCUT2D eigenvalue weighted by Gasteiger charge is 2.26. The van der Waals surface area contributed by atoms with E-state index in [1.54, 1.807) is 11.3 Å². The minimum absolute atomic E-state index is 0.0386. The molecule has 30 heavy (non-hydrogen) atoms. The van der Waals surface area contributed by atoms with Crippen LogP contribution in [-0.4, -0.2) is 61.0 Å². The fourth-order valence-corrected chi connectivity index (χ4v) is 4.96. The number of amides is 1. The number of likely N-dealkylation sites (tertiary alicyclic amines) is 1. The van der Waals surface area contributed by atoms with Gasteiger partial charge >= 0.3 is 0 Å². The number of para-hydroxylation sites is 1. The van der Waals surface area contributed by atoms with Crippen LogP contribution >= 0.6 is 11.3 Å². The summed E-state index contributed by atoms with van der Waals surface area (Å²) >= 11 is 1.57. The average molecular weight is 423 g/mol. The number of nitrogens with one attached hydrogen (secondary N) is 1. The van der Waals surface area contributed by atoms with Gasteiger partial charge in [-0.05, 0) is 57.1 Å². The molecule has 2 heterocycles. The first kappa shape index (κ1) is 21.0. The Morgan fingerprint density at radius 1 is 1.20 bits per heavy atom. The molecule has 0 radical (unpaired) electrons. The van der Waals surface area contributed by atoms with Crippen LogP contribution in [0.4, 0.5) is 5.13 Å². The minimum Gasteiger partial charge on any atom is -0.308 e. The van der Waals surface area contributed by atoms with Crippen LogP contribution in [-0.2, 0) is 11.2 Å². The molecule has 1 atom stereocenters. The van der Waals surface area contributed by atoms with Crippen LogP contribution in [0.2, 0.25) is 0 Å². The number of likely N-dealkylation sites (N-methyl/N-ethyl adjacent to an activating group) is 1. The highest BCUT2D eigenvalue weighted by molar-refractivity contribution is 7.22. The quantitative estimate of drug-likeness (QED) is 0.623. The zero-order valence-electron chi connectivity index (χ0n) is 17.8. The van der Waals surface area contributed by atoms with Gasteiger partial charge in [-0.15, -0.1) is 0 Å². The number of hydrogen-bond donors (Lipinski definition) is 1. The molecule has 1 aliphatic heterocycles. The van der Waals surface area contributed by atoms with Gasteiger partial charge in [0.25, 0.3) is 0 Å². The molecule has 2 aromatic carbocycles. The summed E-state index contributed by atoms with van der Waals surface area (Å²) < 4.78 is 1.12. The largest absolute Gasteiger partial charge is 0.308 e.